The Balaban J connectivity index is 1.88. The second-order valence-electron chi connectivity index (χ2n) is 4.85. The summed E-state index contributed by atoms with van der Waals surface area (Å²) in [5.41, 5.74) is 0.0969. The Kier molecular flexibility index (Phi) is 4.06. The van der Waals surface area contributed by atoms with E-state index in [4.69, 9.17) is 9.26 Å². The SMILES string of the molecule is COc1cccc(-c2noc(Cn3cc([N+](=O)[O-])ccc3=O)n2)c1. The number of ether oxygens (including phenoxy) is 1. The van der Waals surface area contributed by atoms with E-state index in [1.54, 1.807) is 31.4 Å². The molecule has 0 unspecified atom stereocenters. The Morgan fingerprint density at radius 1 is 1.33 bits per heavy atom. The van der Waals surface area contributed by atoms with Crippen molar-refractivity contribution < 1.29 is 14.2 Å². The first-order valence-electron chi connectivity index (χ1n) is 6.89. The van der Waals surface area contributed by atoms with Gasteiger partial charge in [-0.2, -0.15) is 4.98 Å². The van der Waals surface area contributed by atoms with Crippen LogP contribution in [-0.2, 0) is 6.54 Å². The minimum atomic E-state index is -0.578. The lowest BCUT2D eigenvalue weighted by Gasteiger charge is -2.01. The van der Waals surface area contributed by atoms with Gasteiger partial charge in [-0.3, -0.25) is 19.5 Å². The number of nitrogens with zero attached hydrogens (tertiary/aromatic N) is 4. The number of aromatic nitrogens is 3. The van der Waals surface area contributed by atoms with Crippen molar-refractivity contribution in [1.29, 1.82) is 0 Å². The van der Waals surface area contributed by atoms with Gasteiger partial charge in [0.1, 0.15) is 12.3 Å². The molecule has 0 aliphatic rings. The van der Waals surface area contributed by atoms with Crippen LogP contribution in [-0.4, -0.2) is 26.7 Å². The van der Waals surface area contributed by atoms with Gasteiger partial charge in [-0.1, -0.05) is 17.3 Å². The maximum atomic E-state index is 11.8. The summed E-state index contributed by atoms with van der Waals surface area (Å²) in [5.74, 6) is 1.14. The van der Waals surface area contributed by atoms with Crippen molar-refractivity contribution in [2.45, 2.75) is 6.54 Å². The van der Waals surface area contributed by atoms with Gasteiger partial charge >= 0.3 is 0 Å². The molecule has 3 rings (SSSR count). The number of hydrogen-bond donors (Lipinski definition) is 0. The van der Waals surface area contributed by atoms with E-state index in [9.17, 15) is 14.9 Å². The average Bonchev–Trinajstić information content (AvgIpc) is 3.05. The lowest BCUT2D eigenvalue weighted by atomic mass is 10.2. The van der Waals surface area contributed by atoms with Crippen molar-refractivity contribution in [2.24, 2.45) is 0 Å². The van der Waals surface area contributed by atoms with Crippen molar-refractivity contribution >= 4 is 5.69 Å². The van der Waals surface area contributed by atoms with Crippen LogP contribution in [0.2, 0.25) is 0 Å². The van der Waals surface area contributed by atoms with Gasteiger partial charge in [-0.15, -0.1) is 0 Å². The third-order valence-electron chi connectivity index (χ3n) is 3.28. The molecule has 0 atom stereocenters. The maximum Gasteiger partial charge on any atom is 0.285 e. The molecular formula is C15H12N4O5. The topological polar surface area (TPSA) is 113 Å². The lowest BCUT2D eigenvalue weighted by Crippen LogP contribution is -2.19. The van der Waals surface area contributed by atoms with Crippen LogP contribution in [0.25, 0.3) is 11.4 Å². The van der Waals surface area contributed by atoms with Crippen LogP contribution in [0.5, 0.6) is 5.75 Å². The van der Waals surface area contributed by atoms with Crippen molar-refractivity contribution in [3.63, 3.8) is 0 Å². The lowest BCUT2D eigenvalue weighted by molar-refractivity contribution is -0.385. The van der Waals surface area contributed by atoms with Gasteiger partial charge in [0.2, 0.25) is 11.7 Å². The van der Waals surface area contributed by atoms with E-state index < -0.39 is 10.5 Å². The van der Waals surface area contributed by atoms with E-state index in [2.05, 4.69) is 10.1 Å². The van der Waals surface area contributed by atoms with Crippen LogP contribution >= 0.6 is 0 Å². The molecule has 122 valence electrons. The highest BCUT2D eigenvalue weighted by Crippen LogP contribution is 2.21. The molecule has 0 aliphatic carbocycles. The number of pyridine rings is 1. The van der Waals surface area contributed by atoms with Gasteiger partial charge in [-0.25, -0.2) is 0 Å². The number of nitro groups is 1. The summed E-state index contributed by atoms with van der Waals surface area (Å²) in [7, 11) is 1.55. The molecule has 3 aromatic rings. The van der Waals surface area contributed by atoms with E-state index in [1.165, 1.54) is 0 Å². The van der Waals surface area contributed by atoms with E-state index in [-0.39, 0.29) is 18.1 Å². The van der Waals surface area contributed by atoms with Crippen molar-refractivity contribution in [3.8, 4) is 17.1 Å². The smallest absolute Gasteiger partial charge is 0.285 e. The molecule has 0 aliphatic heterocycles. The Morgan fingerprint density at radius 3 is 2.92 bits per heavy atom. The van der Waals surface area contributed by atoms with Crippen LogP contribution in [0.1, 0.15) is 5.89 Å². The molecule has 0 amide bonds. The molecule has 9 nitrogen and oxygen atoms in total. The molecule has 0 bridgehead atoms. The summed E-state index contributed by atoms with van der Waals surface area (Å²) in [4.78, 5) is 26.2. The van der Waals surface area contributed by atoms with Crippen LogP contribution in [0.15, 0.2) is 51.9 Å². The predicted octanol–water partition coefficient (Wildman–Crippen LogP) is 1.86. The highest BCUT2D eigenvalue weighted by Gasteiger charge is 2.13. The molecule has 0 saturated heterocycles. The van der Waals surface area contributed by atoms with E-state index >= 15 is 0 Å². The van der Waals surface area contributed by atoms with Gasteiger partial charge in [0.15, 0.2) is 0 Å². The molecule has 24 heavy (non-hydrogen) atoms. The number of hydrogen-bond acceptors (Lipinski definition) is 7. The summed E-state index contributed by atoms with van der Waals surface area (Å²) in [5, 5.41) is 14.6. The fourth-order valence-electron chi connectivity index (χ4n) is 2.09. The minimum Gasteiger partial charge on any atom is -0.497 e. The Labute approximate surface area is 135 Å². The van der Waals surface area contributed by atoms with E-state index in [0.29, 0.717) is 17.1 Å². The van der Waals surface area contributed by atoms with Gasteiger partial charge in [-0.05, 0) is 12.1 Å². The van der Waals surface area contributed by atoms with Crippen LogP contribution < -0.4 is 10.3 Å². The molecule has 1 aromatic carbocycles. The highest BCUT2D eigenvalue weighted by atomic mass is 16.6. The van der Waals surface area contributed by atoms with Crippen LogP contribution in [0.4, 0.5) is 5.69 Å². The summed E-state index contributed by atoms with van der Waals surface area (Å²) in [6, 6.07) is 9.37. The monoisotopic (exact) mass is 328 g/mol. The third-order valence-corrected chi connectivity index (χ3v) is 3.28. The summed E-state index contributed by atoms with van der Waals surface area (Å²) >= 11 is 0. The molecule has 0 radical (unpaired) electrons. The summed E-state index contributed by atoms with van der Waals surface area (Å²) in [6.45, 7) is -0.0581. The highest BCUT2D eigenvalue weighted by molar-refractivity contribution is 5.56. The van der Waals surface area contributed by atoms with Crippen LogP contribution in [0, 0.1) is 10.1 Å². The normalized spacial score (nSPS) is 10.5. The first kappa shape index (κ1) is 15.4. The van der Waals surface area contributed by atoms with Gasteiger partial charge < -0.3 is 9.26 Å². The Bertz CT molecular complexity index is 947. The first-order valence-corrected chi connectivity index (χ1v) is 6.89. The molecule has 0 spiro atoms. The van der Waals surface area contributed by atoms with Gasteiger partial charge in [0.25, 0.3) is 11.2 Å². The summed E-state index contributed by atoms with van der Waals surface area (Å²) in [6.07, 6.45) is 1.14. The summed E-state index contributed by atoms with van der Waals surface area (Å²) < 4.78 is 11.4. The molecule has 2 aromatic heterocycles. The molecule has 9 heteroatoms. The molecule has 0 fully saturated rings. The fourth-order valence-corrected chi connectivity index (χ4v) is 2.09. The molecular weight excluding hydrogens is 316 g/mol. The number of rotatable bonds is 5. The zero-order chi connectivity index (χ0) is 17.1. The second-order valence-corrected chi connectivity index (χ2v) is 4.85. The zero-order valence-corrected chi connectivity index (χ0v) is 12.6. The molecule has 0 saturated carbocycles. The largest absolute Gasteiger partial charge is 0.497 e. The third kappa shape index (κ3) is 3.14. The van der Waals surface area contributed by atoms with Crippen molar-refractivity contribution in [2.75, 3.05) is 7.11 Å². The fraction of sp³-hybridized carbons (Fsp3) is 0.133. The van der Waals surface area contributed by atoms with E-state index in [1.807, 2.05) is 0 Å². The number of benzene rings is 1. The van der Waals surface area contributed by atoms with Crippen molar-refractivity contribution in [3.05, 3.63) is 69.0 Å². The second kappa shape index (κ2) is 6.32. The maximum absolute atomic E-state index is 11.8. The van der Waals surface area contributed by atoms with Crippen molar-refractivity contribution in [1.82, 2.24) is 14.7 Å². The quantitative estimate of drug-likeness (QED) is 0.519. The van der Waals surface area contributed by atoms with Crippen LogP contribution in [0.3, 0.4) is 0 Å². The Hall–Kier alpha value is -3.49. The standard InChI is InChI=1S/C15H12N4O5/c1-23-12-4-2-3-10(7-12)15-16-13(24-17-15)9-18-8-11(19(21)22)5-6-14(18)20/h2-8H,9H2,1H3. The van der Waals surface area contributed by atoms with Gasteiger partial charge in [0, 0.05) is 17.7 Å². The number of methoxy groups -OCH3 is 1. The Morgan fingerprint density at radius 2 is 2.17 bits per heavy atom. The molecule has 2 heterocycles. The van der Waals surface area contributed by atoms with Gasteiger partial charge in [0.05, 0.1) is 18.2 Å². The molecule has 0 N–H and O–H groups in total. The first-order chi connectivity index (χ1) is 11.6. The van der Waals surface area contributed by atoms with E-state index in [0.717, 1.165) is 22.9 Å². The predicted molar refractivity (Wildman–Crippen MR) is 82.7 cm³/mol. The minimum absolute atomic E-state index is 0.0581. The zero-order valence-electron chi connectivity index (χ0n) is 12.6. The average molecular weight is 328 g/mol.